The van der Waals surface area contributed by atoms with E-state index in [0.29, 0.717) is 0 Å². The third kappa shape index (κ3) is 3.81. The van der Waals surface area contributed by atoms with E-state index in [1.165, 1.54) is 17.7 Å². The Balaban J connectivity index is 1.79. The highest BCUT2D eigenvalue weighted by molar-refractivity contribution is 7.12. The van der Waals surface area contributed by atoms with Crippen LogP contribution in [0.25, 0.3) is 10.4 Å². The summed E-state index contributed by atoms with van der Waals surface area (Å²) in [5.74, 6) is -0.225. The fourth-order valence-electron chi connectivity index (χ4n) is 2.72. The largest absolute Gasteiger partial charge is 0.319 e. The first-order chi connectivity index (χ1) is 12.8. The van der Waals surface area contributed by atoms with Crippen LogP contribution in [0.3, 0.4) is 0 Å². The Morgan fingerprint density at radius 2 is 1.46 bits per heavy atom. The van der Waals surface area contributed by atoms with E-state index in [1.807, 2.05) is 48.5 Å². The zero-order valence-corrected chi connectivity index (χ0v) is 14.9. The quantitative estimate of drug-likeness (QED) is 0.448. The number of halogens is 1. The number of nitrogens with zero attached hydrogens (tertiary/aromatic N) is 2. The molecule has 128 valence electrons. The lowest BCUT2D eigenvalue weighted by Crippen LogP contribution is -2.14. The summed E-state index contributed by atoms with van der Waals surface area (Å²) >= 11 is 1.61. The maximum absolute atomic E-state index is 13.2. The topological polar surface area (TPSA) is 17.3 Å². The lowest BCUT2D eigenvalue weighted by atomic mass is 10.2. The Hall–Kier alpha value is -2.98. The molecule has 0 aliphatic carbocycles. The number of rotatable bonds is 4. The molecule has 0 aliphatic heterocycles. The molecule has 4 aromatic rings. The predicted octanol–water partition coefficient (Wildman–Crippen LogP) is 5.64. The van der Waals surface area contributed by atoms with Crippen LogP contribution in [0.4, 0.5) is 10.1 Å². The van der Waals surface area contributed by atoms with Crippen molar-refractivity contribution in [1.29, 1.82) is 0 Å². The SMILES string of the molecule is Fc1ccc(-c2cn(Cc3ccccc3)c(=Nc3ccccc3)s2)cc1. The smallest absolute Gasteiger partial charge is 0.190 e. The molecule has 2 nitrogen and oxygen atoms in total. The van der Waals surface area contributed by atoms with E-state index in [2.05, 4.69) is 22.9 Å². The summed E-state index contributed by atoms with van der Waals surface area (Å²) in [4.78, 5) is 6.79. The number of hydrogen-bond donors (Lipinski definition) is 0. The minimum absolute atomic E-state index is 0.225. The molecule has 0 atom stereocenters. The first-order valence-electron chi connectivity index (χ1n) is 8.38. The molecule has 0 saturated heterocycles. The van der Waals surface area contributed by atoms with Crippen molar-refractivity contribution in [2.45, 2.75) is 6.54 Å². The van der Waals surface area contributed by atoms with E-state index in [0.717, 1.165) is 27.5 Å². The van der Waals surface area contributed by atoms with Gasteiger partial charge in [-0.15, -0.1) is 0 Å². The molecule has 0 amide bonds. The Morgan fingerprint density at radius 3 is 2.15 bits per heavy atom. The first-order valence-corrected chi connectivity index (χ1v) is 9.19. The van der Waals surface area contributed by atoms with Gasteiger partial charge in [0.2, 0.25) is 0 Å². The normalized spacial score (nSPS) is 11.7. The summed E-state index contributed by atoms with van der Waals surface area (Å²) in [6, 6.07) is 26.8. The Kier molecular flexibility index (Phi) is 4.75. The van der Waals surface area contributed by atoms with Gasteiger partial charge < -0.3 is 4.57 Å². The highest BCUT2D eigenvalue weighted by atomic mass is 32.1. The van der Waals surface area contributed by atoms with Gasteiger partial charge in [-0.2, -0.15) is 0 Å². The molecular formula is C22H17FN2S. The molecule has 1 heterocycles. The van der Waals surface area contributed by atoms with Gasteiger partial charge >= 0.3 is 0 Å². The molecule has 4 rings (SSSR count). The Morgan fingerprint density at radius 1 is 0.808 bits per heavy atom. The molecule has 0 unspecified atom stereocenters. The van der Waals surface area contributed by atoms with E-state index in [9.17, 15) is 4.39 Å². The maximum atomic E-state index is 13.2. The molecule has 0 saturated carbocycles. The van der Waals surface area contributed by atoms with E-state index >= 15 is 0 Å². The van der Waals surface area contributed by atoms with Crippen molar-refractivity contribution in [2.24, 2.45) is 4.99 Å². The lowest BCUT2D eigenvalue weighted by Gasteiger charge is -2.03. The van der Waals surface area contributed by atoms with Crippen molar-refractivity contribution in [3.63, 3.8) is 0 Å². The Bertz CT molecular complexity index is 1050. The molecule has 0 N–H and O–H groups in total. The molecule has 0 radical (unpaired) electrons. The number of aromatic nitrogens is 1. The maximum Gasteiger partial charge on any atom is 0.190 e. The molecule has 0 bridgehead atoms. The van der Waals surface area contributed by atoms with Gasteiger partial charge in [0.1, 0.15) is 5.82 Å². The third-order valence-electron chi connectivity index (χ3n) is 4.03. The molecule has 0 fully saturated rings. The van der Waals surface area contributed by atoms with Crippen LogP contribution in [0.5, 0.6) is 0 Å². The van der Waals surface area contributed by atoms with Gasteiger partial charge in [0.05, 0.1) is 10.6 Å². The molecular weight excluding hydrogens is 343 g/mol. The van der Waals surface area contributed by atoms with Gasteiger partial charge in [-0.1, -0.05) is 72.0 Å². The Labute approximate surface area is 155 Å². The minimum Gasteiger partial charge on any atom is -0.319 e. The summed E-state index contributed by atoms with van der Waals surface area (Å²) < 4.78 is 15.4. The first kappa shape index (κ1) is 16.5. The summed E-state index contributed by atoms with van der Waals surface area (Å²) in [6.45, 7) is 0.740. The van der Waals surface area contributed by atoms with Gasteiger partial charge in [0.15, 0.2) is 4.80 Å². The molecule has 26 heavy (non-hydrogen) atoms. The van der Waals surface area contributed by atoms with Gasteiger partial charge in [0, 0.05) is 12.7 Å². The van der Waals surface area contributed by atoms with Crippen LogP contribution in [0.1, 0.15) is 5.56 Å². The van der Waals surface area contributed by atoms with Gasteiger partial charge in [-0.25, -0.2) is 9.38 Å². The van der Waals surface area contributed by atoms with Crippen LogP contribution >= 0.6 is 11.3 Å². The molecule has 0 aliphatic rings. The summed E-state index contributed by atoms with van der Waals surface area (Å²) in [5, 5.41) is 0. The van der Waals surface area contributed by atoms with Crippen molar-refractivity contribution in [3.05, 3.63) is 107 Å². The van der Waals surface area contributed by atoms with Gasteiger partial charge in [0.25, 0.3) is 0 Å². The van der Waals surface area contributed by atoms with Crippen LogP contribution in [-0.2, 0) is 6.54 Å². The average Bonchev–Trinajstić information content (AvgIpc) is 3.06. The fourth-order valence-corrected chi connectivity index (χ4v) is 3.74. The fraction of sp³-hybridized carbons (Fsp3) is 0.0455. The number of thiazole rings is 1. The predicted molar refractivity (Wildman–Crippen MR) is 105 cm³/mol. The summed E-state index contributed by atoms with van der Waals surface area (Å²) in [5.41, 5.74) is 3.13. The molecule has 1 aromatic heterocycles. The van der Waals surface area contributed by atoms with Crippen molar-refractivity contribution in [2.75, 3.05) is 0 Å². The van der Waals surface area contributed by atoms with E-state index < -0.39 is 0 Å². The minimum atomic E-state index is -0.225. The number of hydrogen-bond acceptors (Lipinski definition) is 2. The highest BCUT2D eigenvalue weighted by Crippen LogP contribution is 2.23. The molecule has 4 heteroatoms. The van der Waals surface area contributed by atoms with Crippen LogP contribution in [0.15, 0.2) is 96.1 Å². The second-order valence-corrected chi connectivity index (χ2v) is 6.95. The van der Waals surface area contributed by atoms with Crippen LogP contribution < -0.4 is 4.80 Å². The zero-order chi connectivity index (χ0) is 17.8. The standard InChI is InChI=1S/C22H17FN2S/c23-19-13-11-18(12-14-19)21-16-25(15-17-7-3-1-4-8-17)22(26-21)24-20-9-5-2-6-10-20/h1-14,16H,15H2. The number of benzene rings is 3. The third-order valence-corrected chi connectivity index (χ3v) is 5.09. The van der Waals surface area contributed by atoms with E-state index in [-0.39, 0.29) is 5.82 Å². The van der Waals surface area contributed by atoms with Gasteiger partial charge in [-0.3, -0.25) is 0 Å². The number of para-hydroxylation sites is 1. The lowest BCUT2D eigenvalue weighted by molar-refractivity contribution is 0.628. The molecule has 0 spiro atoms. The van der Waals surface area contributed by atoms with Crippen molar-refractivity contribution < 1.29 is 4.39 Å². The van der Waals surface area contributed by atoms with Crippen molar-refractivity contribution >= 4 is 17.0 Å². The summed E-state index contributed by atoms with van der Waals surface area (Å²) in [6.07, 6.45) is 2.09. The van der Waals surface area contributed by atoms with Crippen LogP contribution in [0, 0.1) is 5.82 Å². The average molecular weight is 360 g/mol. The highest BCUT2D eigenvalue weighted by Gasteiger charge is 2.07. The monoisotopic (exact) mass is 360 g/mol. The zero-order valence-electron chi connectivity index (χ0n) is 14.0. The van der Waals surface area contributed by atoms with Crippen LogP contribution in [0.2, 0.25) is 0 Å². The second kappa shape index (κ2) is 7.50. The van der Waals surface area contributed by atoms with Crippen molar-refractivity contribution in [3.8, 4) is 10.4 Å². The van der Waals surface area contributed by atoms with E-state index in [4.69, 9.17) is 4.99 Å². The summed E-state index contributed by atoms with van der Waals surface area (Å²) in [7, 11) is 0. The van der Waals surface area contributed by atoms with Crippen LogP contribution in [-0.4, -0.2) is 4.57 Å². The van der Waals surface area contributed by atoms with Crippen molar-refractivity contribution in [1.82, 2.24) is 4.57 Å². The van der Waals surface area contributed by atoms with E-state index in [1.54, 1.807) is 23.5 Å². The molecule has 3 aromatic carbocycles. The second-order valence-electron chi connectivity index (χ2n) is 5.95. The van der Waals surface area contributed by atoms with Gasteiger partial charge in [-0.05, 0) is 35.4 Å².